The summed E-state index contributed by atoms with van der Waals surface area (Å²) in [6.45, 7) is 2.74. The first kappa shape index (κ1) is 25.0. The van der Waals surface area contributed by atoms with Crippen LogP contribution in [0, 0.1) is 5.82 Å². The van der Waals surface area contributed by atoms with E-state index in [0.29, 0.717) is 58.4 Å². The fraction of sp³-hybridized carbons (Fsp3) is 0.192. The molecule has 0 radical (unpaired) electrons. The molecule has 0 atom stereocenters. The fourth-order valence-corrected chi connectivity index (χ4v) is 3.78. The molecule has 10 heteroatoms. The highest BCUT2D eigenvalue weighted by molar-refractivity contribution is 6.31. The highest BCUT2D eigenvalue weighted by Crippen LogP contribution is 2.28. The zero-order valence-corrected chi connectivity index (χ0v) is 20.5. The summed E-state index contributed by atoms with van der Waals surface area (Å²) in [7, 11) is 1.52. The molecule has 0 bridgehead atoms. The second kappa shape index (κ2) is 11.5. The van der Waals surface area contributed by atoms with E-state index in [2.05, 4.69) is 25.9 Å². The monoisotopic (exact) mass is 509 g/mol. The minimum Gasteiger partial charge on any atom is -0.495 e. The van der Waals surface area contributed by atoms with E-state index in [-0.39, 0.29) is 5.75 Å². The Balaban J connectivity index is 1.33. The number of carbonyl (C=O) groups excluding carboxylic acids is 1. The SMILES string of the molecule is CCOc1cc2ncnc(NCCc3ccc(NC(=O)Nc4cc(Cl)ccc4OC)cc3)c2cc1F. The summed E-state index contributed by atoms with van der Waals surface area (Å²) >= 11 is 6.01. The normalized spacial score (nSPS) is 10.7. The number of anilines is 3. The highest BCUT2D eigenvalue weighted by atomic mass is 35.5. The minimum atomic E-state index is -0.455. The molecule has 4 aromatic rings. The van der Waals surface area contributed by atoms with Crippen molar-refractivity contribution in [2.75, 3.05) is 36.2 Å². The first-order valence-corrected chi connectivity index (χ1v) is 11.7. The molecule has 36 heavy (non-hydrogen) atoms. The molecule has 8 nitrogen and oxygen atoms in total. The van der Waals surface area contributed by atoms with Gasteiger partial charge in [-0.1, -0.05) is 23.7 Å². The number of amides is 2. The van der Waals surface area contributed by atoms with Crippen LogP contribution in [0.2, 0.25) is 5.02 Å². The molecule has 0 aliphatic carbocycles. The van der Waals surface area contributed by atoms with Crippen LogP contribution >= 0.6 is 11.6 Å². The van der Waals surface area contributed by atoms with Crippen molar-refractivity contribution >= 4 is 45.7 Å². The molecule has 186 valence electrons. The molecular formula is C26H25ClFN5O3. The number of fused-ring (bicyclic) bond motifs is 1. The molecule has 1 heterocycles. The van der Waals surface area contributed by atoms with Crippen LogP contribution in [0.15, 0.2) is 60.9 Å². The lowest BCUT2D eigenvalue weighted by molar-refractivity contribution is 0.262. The van der Waals surface area contributed by atoms with E-state index in [1.165, 1.54) is 19.5 Å². The number of ether oxygens (including phenoxy) is 2. The largest absolute Gasteiger partial charge is 0.495 e. The molecule has 4 rings (SSSR count). The first-order chi connectivity index (χ1) is 17.5. The number of carbonyl (C=O) groups is 1. The molecule has 0 fully saturated rings. The summed E-state index contributed by atoms with van der Waals surface area (Å²) in [5, 5.41) is 9.83. The third-order valence-electron chi connectivity index (χ3n) is 5.32. The highest BCUT2D eigenvalue weighted by Gasteiger charge is 2.11. The van der Waals surface area contributed by atoms with Gasteiger partial charge in [-0.2, -0.15) is 0 Å². The van der Waals surface area contributed by atoms with Crippen molar-refractivity contribution in [3.8, 4) is 11.5 Å². The Morgan fingerprint density at radius 2 is 1.83 bits per heavy atom. The van der Waals surface area contributed by atoms with E-state index in [1.54, 1.807) is 31.2 Å². The van der Waals surface area contributed by atoms with Gasteiger partial charge in [0.15, 0.2) is 11.6 Å². The van der Waals surface area contributed by atoms with Gasteiger partial charge in [-0.15, -0.1) is 0 Å². The van der Waals surface area contributed by atoms with Gasteiger partial charge in [-0.25, -0.2) is 19.2 Å². The summed E-state index contributed by atoms with van der Waals surface area (Å²) < 4.78 is 24.9. The molecule has 2 amide bonds. The van der Waals surface area contributed by atoms with Crippen LogP contribution in [0.3, 0.4) is 0 Å². The number of aromatic nitrogens is 2. The first-order valence-electron chi connectivity index (χ1n) is 11.3. The van der Waals surface area contributed by atoms with Gasteiger partial charge in [-0.05, 0) is 55.3 Å². The smallest absolute Gasteiger partial charge is 0.323 e. The topological polar surface area (TPSA) is 97.4 Å². The molecule has 0 spiro atoms. The van der Waals surface area contributed by atoms with Crippen molar-refractivity contribution in [2.45, 2.75) is 13.3 Å². The predicted octanol–water partition coefficient (Wildman–Crippen LogP) is 6.13. The van der Waals surface area contributed by atoms with E-state index in [0.717, 1.165) is 5.56 Å². The zero-order valence-electron chi connectivity index (χ0n) is 19.8. The van der Waals surface area contributed by atoms with Crippen LogP contribution in [-0.4, -0.2) is 36.3 Å². The van der Waals surface area contributed by atoms with E-state index in [9.17, 15) is 9.18 Å². The van der Waals surface area contributed by atoms with Crippen LogP contribution in [0.25, 0.3) is 10.9 Å². The van der Waals surface area contributed by atoms with Crippen molar-refractivity contribution in [1.29, 1.82) is 0 Å². The van der Waals surface area contributed by atoms with Crippen molar-refractivity contribution < 1.29 is 18.7 Å². The Hall–Kier alpha value is -4.11. The van der Waals surface area contributed by atoms with Crippen molar-refractivity contribution in [2.24, 2.45) is 0 Å². The van der Waals surface area contributed by atoms with Gasteiger partial charge in [0.2, 0.25) is 0 Å². The Morgan fingerprint density at radius 3 is 2.58 bits per heavy atom. The number of nitrogens with one attached hydrogen (secondary N) is 3. The summed E-state index contributed by atoms with van der Waals surface area (Å²) in [4.78, 5) is 20.9. The van der Waals surface area contributed by atoms with Crippen LogP contribution in [0.1, 0.15) is 12.5 Å². The number of nitrogens with zero attached hydrogens (tertiary/aromatic N) is 2. The van der Waals surface area contributed by atoms with E-state index in [1.807, 2.05) is 24.3 Å². The molecule has 0 saturated carbocycles. The molecule has 0 aliphatic rings. The third-order valence-corrected chi connectivity index (χ3v) is 5.55. The maximum atomic E-state index is 14.3. The average Bonchev–Trinajstić information content (AvgIpc) is 2.86. The van der Waals surface area contributed by atoms with Gasteiger partial charge in [0, 0.05) is 28.7 Å². The fourth-order valence-electron chi connectivity index (χ4n) is 3.61. The Bertz CT molecular complexity index is 1370. The number of hydrogen-bond donors (Lipinski definition) is 3. The molecule has 3 aromatic carbocycles. The third kappa shape index (κ3) is 6.11. The van der Waals surface area contributed by atoms with Crippen molar-refractivity contribution in [3.05, 3.63) is 77.3 Å². The molecule has 0 saturated heterocycles. The standard InChI is InChI=1S/C26H25ClFN5O3/c1-3-36-24-14-21-19(13-20(24)28)25(31-15-30-21)29-11-10-16-4-7-18(8-5-16)32-26(34)33-22-12-17(27)6-9-23(22)35-2/h4-9,12-15H,3,10-11H2,1-2H3,(H,29,30,31)(H2,32,33,34). The molecule has 1 aromatic heterocycles. The van der Waals surface area contributed by atoms with Gasteiger partial charge in [0.1, 0.15) is 17.9 Å². The minimum absolute atomic E-state index is 0.170. The lowest BCUT2D eigenvalue weighted by Crippen LogP contribution is -2.19. The van der Waals surface area contributed by atoms with E-state index >= 15 is 0 Å². The average molecular weight is 510 g/mol. The van der Waals surface area contributed by atoms with E-state index < -0.39 is 11.8 Å². The van der Waals surface area contributed by atoms with Crippen molar-refractivity contribution in [1.82, 2.24) is 9.97 Å². The molecule has 0 unspecified atom stereocenters. The zero-order chi connectivity index (χ0) is 25.5. The summed E-state index contributed by atoms with van der Waals surface area (Å²) in [6, 6.07) is 15.0. The lowest BCUT2D eigenvalue weighted by atomic mass is 10.1. The predicted molar refractivity (Wildman–Crippen MR) is 140 cm³/mol. The Morgan fingerprint density at radius 1 is 1.03 bits per heavy atom. The maximum Gasteiger partial charge on any atom is 0.323 e. The molecule has 0 aliphatic heterocycles. The summed E-state index contributed by atoms with van der Waals surface area (Å²) in [5.74, 6) is 0.770. The van der Waals surface area contributed by atoms with Crippen LogP contribution in [-0.2, 0) is 6.42 Å². The van der Waals surface area contributed by atoms with Crippen LogP contribution < -0.4 is 25.4 Å². The van der Waals surface area contributed by atoms with Gasteiger partial charge in [-0.3, -0.25) is 0 Å². The van der Waals surface area contributed by atoms with E-state index in [4.69, 9.17) is 21.1 Å². The number of methoxy groups -OCH3 is 1. The van der Waals surface area contributed by atoms with Gasteiger partial charge >= 0.3 is 6.03 Å². The second-order valence-electron chi connectivity index (χ2n) is 7.75. The molecule has 3 N–H and O–H groups in total. The molecular weight excluding hydrogens is 485 g/mol. The Kier molecular flexibility index (Phi) is 8.02. The Labute approximate surface area is 212 Å². The van der Waals surface area contributed by atoms with Gasteiger partial charge in [0.05, 0.1) is 24.9 Å². The number of urea groups is 1. The van der Waals surface area contributed by atoms with Gasteiger partial charge < -0.3 is 25.4 Å². The van der Waals surface area contributed by atoms with Crippen molar-refractivity contribution in [3.63, 3.8) is 0 Å². The van der Waals surface area contributed by atoms with Gasteiger partial charge in [0.25, 0.3) is 0 Å². The number of halogens is 2. The number of rotatable bonds is 9. The summed E-state index contributed by atoms with van der Waals surface area (Å²) in [6.07, 6.45) is 2.12. The summed E-state index contributed by atoms with van der Waals surface area (Å²) in [5.41, 5.74) is 2.75. The number of hydrogen-bond acceptors (Lipinski definition) is 6. The van der Waals surface area contributed by atoms with Crippen LogP contribution in [0.4, 0.5) is 26.4 Å². The number of benzene rings is 3. The van der Waals surface area contributed by atoms with Crippen LogP contribution in [0.5, 0.6) is 11.5 Å². The lowest BCUT2D eigenvalue weighted by Gasteiger charge is -2.12. The maximum absolute atomic E-state index is 14.3. The second-order valence-corrected chi connectivity index (χ2v) is 8.19. The quantitative estimate of drug-likeness (QED) is 0.251.